The molecule has 0 radical (unpaired) electrons. The van der Waals surface area contributed by atoms with Gasteiger partial charge in [0.1, 0.15) is 23.9 Å². The van der Waals surface area contributed by atoms with Gasteiger partial charge in [0, 0.05) is 16.7 Å². The van der Waals surface area contributed by atoms with Gasteiger partial charge in [0.25, 0.3) is 5.91 Å². The first kappa shape index (κ1) is 21.2. The van der Waals surface area contributed by atoms with E-state index >= 15 is 0 Å². The number of nitrogens with one attached hydrogen (secondary N) is 1. The Labute approximate surface area is 180 Å². The summed E-state index contributed by atoms with van der Waals surface area (Å²) in [7, 11) is 3.04. The lowest BCUT2D eigenvalue weighted by Crippen LogP contribution is -2.18. The second-order valence-electron chi connectivity index (χ2n) is 6.22. The molecule has 0 saturated heterocycles. The van der Waals surface area contributed by atoms with E-state index in [1.807, 2.05) is 48.5 Å². The van der Waals surface area contributed by atoms with E-state index < -0.39 is 5.91 Å². The van der Waals surface area contributed by atoms with Crippen LogP contribution in [0.4, 0.5) is 0 Å². The first-order chi connectivity index (χ1) is 14.6. The van der Waals surface area contributed by atoms with Gasteiger partial charge in [0.15, 0.2) is 0 Å². The molecular formula is C23H21ClN2O4. The van der Waals surface area contributed by atoms with Gasteiger partial charge >= 0.3 is 0 Å². The van der Waals surface area contributed by atoms with E-state index in [0.29, 0.717) is 34.4 Å². The Balaban J connectivity index is 1.66. The maximum Gasteiger partial charge on any atom is 0.275 e. The fraction of sp³-hybridized carbons (Fsp3) is 0.130. The van der Waals surface area contributed by atoms with Crippen molar-refractivity contribution in [2.75, 3.05) is 14.2 Å². The van der Waals surface area contributed by atoms with Gasteiger partial charge in [0.05, 0.1) is 26.0 Å². The van der Waals surface area contributed by atoms with E-state index in [0.717, 1.165) is 11.1 Å². The minimum atomic E-state index is -0.398. The summed E-state index contributed by atoms with van der Waals surface area (Å²) in [6.45, 7) is 0.386. The van der Waals surface area contributed by atoms with Crippen LogP contribution in [0.2, 0.25) is 5.02 Å². The van der Waals surface area contributed by atoms with Crippen LogP contribution in [0.5, 0.6) is 17.2 Å². The van der Waals surface area contributed by atoms with Gasteiger partial charge in [-0.2, -0.15) is 5.10 Å². The molecule has 0 spiro atoms. The van der Waals surface area contributed by atoms with Gasteiger partial charge in [0.2, 0.25) is 0 Å². The SMILES string of the molecule is COc1ccc(C(=O)NN=Cc2ccccc2OCc2ccc(Cl)cc2)c(OC)c1. The highest BCUT2D eigenvalue weighted by atomic mass is 35.5. The van der Waals surface area contributed by atoms with E-state index in [4.69, 9.17) is 25.8 Å². The maximum atomic E-state index is 12.4. The van der Waals surface area contributed by atoms with Crippen LogP contribution in [0, 0.1) is 0 Å². The summed E-state index contributed by atoms with van der Waals surface area (Å²) in [5.74, 6) is 1.24. The molecule has 0 unspecified atom stereocenters. The quantitative estimate of drug-likeness (QED) is 0.420. The predicted molar refractivity (Wildman–Crippen MR) is 117 cm³/mol. The third-order valence-corrected chi connectivity index (χ3v) is 4.50. The van der Waals surface area contributed by atoms with Crippen molar-refractivity contribution < 1.29 is 19.0 Å². The molecule has 3 aromatic carbocycles. The van der Waals surface area contributed by atoms with Crippen molar-refractivity contribution in [1.82, 2.24) is 5.43 Å². The highest BCUT2D eigenvalue weighted by molar-refractivity contribution is 6.30. The number of carbonyl (C=O) groups is 1. The van der Waals surface area contributed by atoms with Gasteiger partial charge in [-0.1, -0.05) is 35.9 Å². The summed E-state index contributed by atoms with van der Waals surface area (Å²) in [4.78, 5) is 12.4. The third-order valence-electron chi connectivity index (χ3n) is 4.25. The first-order valence-corrected chi connectivity index (χ1v) is 9.50. The number of ether oxygens (including phenoxy) is 3. The zero-order valence-corrected chi connectivity index (χ0v) is 17.3. The molecule has 154 valence electrons. The zero-order valence-electron chi connectivity index (χ0n) is 16.6. The molecule has 1 amide bonds. The molecule has 3 aromatic rings. The minimum Gasteiger partial charge on any atom is -0.497 e. The number of rotatable bonds is 8. The molecule has 0 aliphatic carbocycles. The lowest BCUT2D eigenvalue weighted by Gasteiger charge is -2.10. The third kappa shape index (κ3) is 5.52. The summed E-state index contributed by atoms with van der Waals surface area (Å²) in [6, 6.07) is 19.8. The van der Waals surface area contributed by atoms with Gasteiger partial charge < -0.3 is 14.2 Å². The van der Waals surface area contributed by atoms with Crippen molar-refractivity contribution in [3.8, 4) is 17.2 Å². The summed E-state index contributed by atoms with van der Waals surface area (Å²) < 4.78 is 16.3. The number of methoxy groups -OCH3 is 2. The normalized spacial score (nSPS) is 10.6. The number of carbonyl (C=O) groups excluding carboxylic acids is 1. The summed E-state index contributed by atoms with van der Waals surface area (Å²) >= 11 is 5.91. The topological polar surface area (TPSA) is 69.2 Å². The van der Waals surface area contributed by atoms with E-state index in [1.165, 1.54) is 13.3 Å². The van der Waals surface area contributed by atoms with Gasteiger partial charge in [-0.15, -0.1) is 0 Å². The molecule has 6 nitrogen and oxygen atoms in total. The molecule has 0 heterocycles. The number of halogens is 1. The van der Waals surface area contributed by atoms with Gasteiger partial charge in [-0.25, -0.2) is 5.43 Å². The Hall–Kier alpha value is -3.51. The number of benzene rings is 3. The summed E-state index contributed by atoms with van der Waals surface area (Å²) in [5.41, 5.74) is 4.58. The van der Waals surface area contributed by atoms with Crippen molar-refractivity contribution in [3.05, 3.63) is 88.4 Å². The van der Waals surface area contributed by atoms with Crippen molar-refractivity contribution in [1.29, 1.82) is 0 Å². The van der Waals surface area contributed by atoms with Crippen LogP contribution in [0.15, 0.2) is 71.8 Å². The summed E-state index contributed by atoms with van der Waals surface area (Å²) in [6.07, 6.45) is 1.53. The highest BCUT2D eigenvalue weighted by Crippen LogP contribution is 2.24. The Morgan fingerprint density at radius 2 is 1.77 bits per heavy atom. The second-order valence-corrected chi connectivity index (χ2v) is 6.65. The molecule has 0 aliphatic heterocycles. The van der Waals surface area contributed by atoms with Crippen LogP contribution in [0.1, 0.15) is 21.5 Å². The van der Waals surface area contributed by atoms with E-state index in [9.17, 15) is 4.79 Å². The lowest BCUT2D eigenvalue weighted by molar-refractivity contribution is 0.0952. The Morgan fingerprint density at radius 1 is 1.00 bits per heavy atom. The van der Waals surface area contributed by atoms with E-state index in [2.05, 4.69) is 10.5 Å². The average molecular weight is 425 g/mol. The average Bonchev–Trinajstić information content (AvgIpc) is 2.78. The van der Waals surface area contributed by atoms with Crippen molar-refractivity contribution >= 4 is 23.7 Å². The van der Waals surface area contributed by atoms with Crippen molar-refractivity contribution in [2.24, 2.45) is 5.10 Å². The Bertz CT molecular complexity index is 1040. The Morgan fingerprint density at radius 3 is 2.50 bits per heavy atom. The second kappa shape index (κ2) is 10.3. The molecule has 0 saturated carbocycles. The van der Waals surface area contributed by atoms with Crippen LogP contribution in [-0.2, 0) is 6.61 Å². The standard InChI is InChI=1S/C23H21ClN2O4/c1-28-19-11-12-20(22(13-19)29-2)23(27)26-25-14-17-5-3-4-6-21(17)30-15-16-7-9-18(24)10-8-16/h3-14H,15H2,1-2H3,(H,26,27). The van der Waals surface area contributed by atoms with Crippen LogP contribution >= 0.6 is 11.6 Å². The number of amides is 1. The van der Waals surface area contributed by atoms with Crippen LogP contribution in [-0.4, -0.2) is 26.3 Å². The summed E-state index contributed by atoms with van der Waals surface area (Å²) in [5, 5.41) is 4.73. The van der Waals surface area contributed by atoms with Crippen LogP contribution < -0.4 is 19.6 Å². The molecule has 0 aromatic heterocycles. The molecule has 3 rings (SSSR count). The van der Waals surface area contributed by atoms with E-state index in [1.54, 1.807) is 25.3 Å². The van der Waals surface area contributed by atoms with Crippen LogP contribution in [0.3, 0.4) is 0 Å². The monoisotopic (exact) mass is 424 g/mol. The van der Waals surface area contributed by atoms with Crippen molar-refractivity contribution in [3.63, 3.8) is 0 Å². The number of hydrazone groups is 1. The maximum absolute atomic E-state index is 12.4. The van der Waals surface area contributed by atoms with Gasteiger partial charge in [-0.3, -0.25) is 4.79 Å². The number of hydrogen-bond donors (Lipinski definition) is 1. The number of para-hydroxylation sites is 1. The zero-order chi connectivity index (χ0) is 21.3. The molecule has 0 fully saturated rings. The molecule has 0 atom stereocenters. The Kier molecular flexibility index (Phi) is 7.29. The fourth-order valence-electron chi connectivity index (χ4n) is 2.67. The molecule has 0 aliphatic rings. The fourth-order valence-corrected chi connectivity index (χ4v) is 2.79. The predicted octanol–water partition coefficient (Wildman–Crippen LogP) is 4.70. The molecule has 7 heteroatoms. The lowest BCUT2D eigenvalue weighted by atomic mass is 10.2. The first-order valence-electron chi connectivity index (χ1n) is 9.12. The molecule has 1 N–H and O–H groups in total. The largest absolute Gasteiger partial charge is 0.497 e. The minimum absolute atomic E-state index is 0.350. The van der Waals surface area contributed by atoms with Crippen LogP contribution in [0.25, 0.3) is 0 Å². The molecule has 0 bridgehead atoms. The smallest absolute Gasteiger partial charge is 0.275 e. The number of nitrogens with zero attached hydrogens (tertiary/aromatic N) is 1. The van der Waals surface area contributed by atoms with Crippen molar-refractivity contribution in [2.45, 2.75) is 6.61 Å². The molecular weight excluding hydrogens is 404 g/mol. The molecule has 30 heavy (non-hydrogen) atoms. The highest BCUT2D eigenvalue weighted by Gasteiger charge is 2.12. The van der Waals surface area contributed by atoms with Gasteiger partial charge in [-0.05, 0) is 42.0 Å². The number of hydrogen-bond acceptors (Lipinski definition) is 5. The van der Waals surface area contributed by atoms with E-state index in [-0.39, 0.29) is 0 Å².